The summed E-state index contributed by atoms with van der Waals surface area (Å²) < 4.78 is 17.0. The maximum absolute atomic E-state index is 12.9. The molecule has 6 nitrogen and oxygen atoms in total. The second-order valence-electron chi connectivity index (χ2n) is 23.5. The number of rotatable bonds is 60. The molecule has 0 aromatic carbocycles. The van der Waals surface area contributed by atoms with Gasteiger partial charge in [0.2, 0.25) is 0 Å². The van der Waals surface area contributed by atoms with Crippen LogP contribution < -0.4 is 0 Å². The Balaban J connectivity index is 4.26. The van der Waals surface area contributed by atoms with Crippen molar-refractivity contribution in [1.82, 2.24) is 0 Å². The highest BCUT2D eigenvalue weighted by atomic mass is 16.6. The van der Waals surface area contributed by atoms with Crippen molar-refractivity contribution >= 4 is 17.9 Å². The third-order valence-electron chi connectivity index (χ3n) is 15.6. The molecule has 0 saturated carbocycles. The van der Waals surface area contributed by atoms with Gasteiger partial charge >= 0.3 is 17.9 Å². The van der Waals surface area contributed by atoms with Crippen molar-refractivity contribution in [1.29, 1.82) is 0 Å². The van der Waals surface area contributed by atoms with E-state index in [-0.39, 0.29) is 31.1 Å². The standard InChI is InChI=1S/C66H128O6/c1-6-8-9-10-11-12-13-14-15-16-17-22-25-28-31-38-43-48-53-58-66(69)72-63(60-71-65(68)57-52-47-42-37-33-32-35-40-45-50-55-62(5)7-2)59-70-64(67)56-51-46-41-36-30-27-24-21-19-18-20-23-26-29-34-39-44-49-54-61(3)4/h61-63H,6-60H2,1-5H3/t62?,63-/m0/s1. The molecule has 6 heteroatoms. The van der Waals surface area contributed by atoms with Gasteiger partial charge in [-0.15, -0.1) is 0 Å². The molecule has 0 aliphatic carbocycles. The lowest BCUT2D eigenvalue weighted by atomic mass is 9.99. The van der Waals surface area contributed by atoms with E-state index in [1.807, 2.05) is 0 Å². The molecule has 0 aromatic heterocycles. The van der Waals surface area contributed by atoms with Crippen LogP contribution in [0, 0.1) is 11.8 Å². The number of carbonyl (C=O) groups is 3. The van der Waals surface area contributed by atoms with Crippen LogP contribution in [0.25, 0.3) is 0 Å². The Hall–Kier alpha value is -1.59. The van der Waals surface area contributed by atoms with Crippen LogP contribution in [0.3, 0.4) is 0 Å². The van der Waals surface area contributed by atoms with Crippen LogP contribution >= 0.6 is 0 Å². The van der Waals surface area contributed by atoms with Gasteiger partial charge in [-0.05, 0) is 31.1 Å². The molecular formula is C66H128O6. The lowest BCUT2D eigenvalue weighted by molar-refractivity contribution is -0.167. The Morgan fingerprint density at radius 3 is 0.792 bits per heavy atom. The van der Waals surface area contributed by atoms with Gasteiger partial charge in [-0.1, -0.05) is 336 Å². The van der Waals surface area contributed by atoms with Gasteiger partial charge in [-0.3, -0.25) is 14.4 Å². The molecule has 0 saturated heterocycles. The van der Waals surface area contributed by atoms with Crippen molar-refractivity contribution in [2.45, 2.75) is 381 Å². The Labute approximate surface area is 450 Å². The van der Waals surface area contributed by atoms with Crippen LogP contribution in [0.1, 0.15) is 375 Å². The van der Waals surface area contributed by atoms with Crippen molar-refractivity contribution in [3.05, 3.63) is 0 Å². The highest BCUT2D eigenvalue weighted by molar-refractivity contribution is 5.71. The molecule has 0 amide bonds. The van der Waals surface area contributed by atoms with E-state index >= 15 is 0 Å². The number of carbonyl (C=O) groups excluding carboxylic acids is 3. The average Bonchev–Trinajstić information content (AvgIpc) is 3.37. The van der Waals surface area contributed by atoms with Gasteiger partial charge in [0.15, 0.2) is 6.10 Å². The molecule has 72 heavy (non-hydrogen) atoms. The molecule has 0 radical (unpaired) electrons. The van der Waals surface area contributed by atoms with Gasteiger partial charge in [0.05, 0.1) is 0 Å². The first-order valence-electron chi connectivity index (χ1n) is 32.8. The fourth-order valence-electron chi connectivity index (χ4n) is 10.3. The zero-order chi connectivity index (χ0) is 52.5. The first-order valence-corrected chi connectivity index (χ1v) is 32.8. The average molecular weight is 1020 g/mol. The topological polar surface area (TPSA) is 78.9 Å². The van der Waals surface area contributed by atoms with E-state index in [0.29, 0.717) is 19.3 Å². The molecule has 0 fully saturated rings. The van der Waals surface area contributed by atoms with E-state index < -0.39 is 6.10 Å². The van der Waals surface area contributed by atoms with Crippen molar-refractivity contribution in [3.63, 3.8) is 0 Å². The zero-order valence-corrected chi connectivity index (χ0v) is 49.6. The fourth-order valence-corrected chi connectivity index (χ4v) is 10.3. The largest absolute Gasteiger partial charge is 0.462 e. The summed E-state index contributed by atoms with van der Waals surface area (Å²) >= 11 is 0. The lowest BCUT2D eigenvalue weighted by Crippen LogP contribution is -2.30. The third-order valence-corrected chi connectivity index (χ3v) is 15.6. The van der Waals surface area contributed by atoms with Gasteiger partial charge in [0, 0.05) is 19.3 Å². The summed E-state index contributed by atoms with van der Waals surface area (Å²) in [6, 6.07) is 0. The summed E-state index contributed by atoms with van der Waals surface area (Å²) in [6.45, 7) is 11.5. The van der Waals surface area contributed by atoms with Crippen molar-refractivity contribution in [2.75, 3.05) is 13.2 Å². The molecule has 1 unspecified atom stereocenters. The number of ether oxygens (including phenoxy) is 3. The van der Waals surface area contributed by atoms with E-state index in [2.05, 4.69) is 34.6 Å². The zero-order valence-electron chi connectivity index (χ0n) is 49.6. The van der Waals surface area contributed by atoms with Gasteiger partial charge in [-0.25, -0.2) is 0 Å². The lowest BCUT2D eigenvalue weighted by Gasteiger charge is -2.18. The van der Waals surface area contributed by atoms with Crippen LogP contribution in [-0.2, 0) is 28.6 Å². The molecule has 0 aliphatic heterocycles. The normalized spacial score (nSPS) is 12.4. The Morgan fingerprint density at radius 2 is 0.528 bits per heavy atom. The number of unbranched alkanes of at least 4 members (excludes halogenated alkanes) is 44. The van der Waals surface area contributed by atoms with Gasteiger partial charge in [0.1, 0.15) is 13.2 Å². The molecule has 0 bridgehead atoms. The molecule has 428 valence electrons. The van der Waals surface area contributed by atoms with E-state index in [0.717, 1.165) is 69.6 Å². The summed E-state index contributed by atoms with van der Waals surface area (Å²) in [4.78, 5) is 38.3. The van der Waals surface area contributed by atoms with Gasteiger partial charge < -0.3 is 14.2 Å². The van der Waals surface area contributed by atoms with E-state index in [1.165, 1.54) is 263 Å². The molecular weight excluding hydrogens is 889 g/mol. The van der Waals surface area contributed by atoms with Crippen molar-refractivity contribution in [3.8, 4) is 0 Å². The summed E-state index contributed by atoms with van der Waals surface area (Å²) in [5.74, 6) is 0.898. The molecule has 0 aromatic rings. The monoisotopic (exact) mass is 1020 g/mol. The summed E-state index contributed by atoms with van der Waals surface area (Å²) in [5.41, 5.74) is 0. The molecule has 0 N–H and O–H groups in total. The number of hydrogen-bond acceptors (Lipinski definition) is 6. The second-order valence-corrected chi connectivity index (χ2v) is 23.5. The SMILES string of the molecule is CCCCCCCCCCCCCCCCCCCCCC(=O)O[C@@H](COC(=O)CCCCCCCCCCCCCCCCCCCCC(C)C)COC(=O)CCCCCCCCCCCCC(C)CC. The van der Waals surface area contributed by atoms with Crippen LogP contribution in [0.15, 0.2) is 0 Å². The predicted octanol–water partition coefficient (Wildman–Crippen LogP) is 22.0. The molecule has 0 spiro atoms. The minimum atomic E-state index is -0.764. The second kappa shape index (κ2) is 58.7. The summed E-state index contributed by atoms with van der Waals surface area (Å²) in [6.07, 6.45) is 65.3. The molecule has 0 rings (SSSR count). The predicted molar refractivity (Wildman–Crippen MR) is 312 cm³/mol. The summed E-state index contributed by atoms with van der Waals surface area (Å²) in [5, 5.41) is 0. The van der Waals surface area contributed by atoms with Gasteiger partial charge in [0.25, 0.3) is 0 Å². The van der Waals surface area contributed by atoms with E-state index in [4.69, 9.17) is 14.2 Å². The minimum Gasteiger partial charge on any atom is -0.462 e. The summed E-state index contributed by atoms with van der Waals surface area (Å²) in [7, 11) is 0. The van der Waals surface area contributed by atoms with E-state index in [1.54, 1.807) is 0 Å². The quantitative estimate of drug-likeness (QED) is 0.0343. The number of hydrogen-bond donors (Lipinski definition) is 0. The van der Waals surface area contributed by atoms with Crippen molar-refractivity contribution in [2.24, 2.45) is 11.8 Å². The first kappa shape index (κ1) is 70.4. The van der Waals surface area contributed by atoms with Crippen LogP contribution in [-0.4, -0.2) is 37.2 Å². The van der Waals surface area contributed by atoms with Crippen LogP contribution in [0.4, 0.5) is 0 Å². The first-order chi connectivity index (χ1) is 35.3. The maximum atomic E-state index is 12.9. The highest BCUT2D eigenvalue weighted by Gasteiger charge is 2.19. The van der Waals surface area contributed by atoms with Crippen LogP contribution in [0.2, 0.25) is 0 Å². The third kappa shape index (κ3) is 57.7. The molecule has 0 aliphatic rings. The maximum Gasteiger partial charge on any atom is 0.306 e. The number of esters is 3. The Kier molecular flexibility index (Phi) is 57.4. The highest BCUT2D eigenvalue weighted by Crippen LogP contribution is 2.19. The van der Waals surface area contributed by atoms with E-state index in [9.17, 15) is 14.4 Å². The van der Waals surface area contributed by atoms with Gasteiger partial charge in [-0.2, -0.15) is 0 Å². The Morgan fingerprint density at radius 1 is 0.292 bits per heavy atom. The smallest absolute Gasteiger partial charge is 0.306 e. The van der Waals surface area contributed by atoms with Crippen LogP contribution in [0.5, 0.6) is 0 Å². The molecule has 0 heterocycles. The fraction of sp³-hybridized carbons (Fsp3) is 0.955. The Bertz CT molecular complexity index is 1110. The van der Waals surface area contributed by atoms with Crippen molar-refractivity contribution < 1.29 is 28.6 Å². The minimum absolute atomic E-state index is 0.0619. The molecule has 2 atom stereocenters.